The molecule has 0 radical (unpaired) electrons. The van der Waals surface area contributed by atoms with E-state index in [1.807, 2.05) is 67.4 Å². The number of carbonyl (C=O) groups is 1. The zero-order chi connectivity index (χ0) is 22.2. The third kappa shape index (κ3) is 3.62. The van der Waals surface area contributed by atoms with Gasteiger partial charge < -0.3 is 10.0 Å². The number of aromatic nitrogens is 3. The van der Waals surface area contributed by atoms with E-state index in [9.17, 15) is 9.90 Å². The van der Waals surface area contributed by atoms with Gasteiger partial charge >= 0.3 is 0 Å². The van der Waals surface area contributed by atoms with Crippen LogP contribution in [0.4, 0.5) is 0 Å². The molecule has 1 N–H and O–H groups in total. The fourth-order valence-corrected chi connectivity index (χ4v) is 4.70. The summed E-state index contributed by atoms with van der Waals surface area (Å²) < 4.78 is 1.75. The molecule has 0 aliphatic carbocycles. The number of fused-ring (bicyclic) bond motifs is 1. The molecule has 0 bridgehead atoms. The summed E-state index contributed by atoms with van der Waals surface area (Å²) in [6.45, 7) is 3.34. The van der Waals surface area contributed by atoms with Gasteiger partial charge in [0.05, 0.1) is 22.3 Å². The topological polar surface area (TPSA) is 71.2 Å². The Kier molecular flexibility index (Phi) is 5.13. The lowest BCUT2D eigenvalue weighted by Gasteiger charge is -2.32. The molecule has 0 atom stereocenters. The molecular formula is C26H26N4O2. The van der Waals surface area contributed by atoms with Gasteiger partial charge in [0.1, 0.15) is 5.75 Å². The maximum absolute atomic E-state index is 13.7. The van der Waals surface area contributed by atoms with Crippen molar-refractivity contribution in [2.45, 2.75) is 25.7 Å². The van der Waals surface area contributed by atoms with E-state index in [1.54, 1.807) is 16.8 Å². The Morgan fingerprint density at radius 3 is 2.41 bits per heavy atom. The number of nitrogens with zero attached hydrogens (tertiary/aromatic N) is 4. The largest absolute Gasteiger partial charge is 0.508 e. The average Bonchev–Trinajstić information content (AvgIpc) is 3.12. The fraction of sp³-hybridized carbons (Fsp3) is 0.269. The number of hydrogen-bond donors (Lipinski definition) is 1. The van der Waals surface area contributed by atoms with Crippen LogP contribution in [0.5, 0.6) is 5.75 Å². The standard InChI is InChI=1S/C26H26N4O2/c1-17-24-22(16-23(20-6-4-3-5-7-20)27-25(24)29(2)28-17)26(32)30-14-12-19(13-15-30)18-8-10-21(31)11-9-18/h3-11,16,19,31H,12-15H2,1-2H3. The lowest BCUT2D eigenvalue weighted by atomic mass is 9.89. The van der Waals surface area contributed by atoms with Gasteiger partial charge in [0.2, 0.25) is 0 Å². The van der Waals surface area contributed by atoms with E-state index in [4.69, 9.17) is 4.98 Å². The van der Waals surface area contributed by atoms with Crippen molar-refractivity contribution in [2.24, 2.45) is 7.05 Å². The molecule has 5 rings (SSSR count). The Balaban J connectivity index is 1.46. The molecule has 1 fully saturated rings. The highest BCUT2D eigenvalue weighted by molar-refractivity contribution is 6.07. The minimum Gasteiger partial charge on any atom is -0.508 e. The molecule has 2 aromatic carbocycles. The SMILES string of the molecule is Cc1nn(C)c2nc(-c3ccccc3)cc(C(=O)N3CCC(c4ccc(O)cc4)CC3)c12. The first-order valence-corrected chi connectivity index (χ1v) is 11.0. The van der Waals surface area contributed by atoms with Gasteiger partial charge in [-0.15, -0.1) is 0 Å². The predicted octanol–water partition coefficient (Wildman–Crippen LogP) is 4.67. The van der Waals surface area contributed by atoms with Crippen LogP contribution in [0.25, 0.3) is 22.3 Å². The van der Waals surface area contributed by atoms with Crippen LogP contribution in [0.2, 0.25) is 0 Å². The Labute approximate surface area is 187 Å². The quantitative estimate of drug-likeness (QED) is 0.517. The molecule has 1 amide bonds. The van der Waals surface area contributed by atoms with Crippen molar-refractivity contribution in [3.63, 3.8) is 0 Å². The molecule has 162 valence electrons. The zero-order valence-corrected chi connectivity index (χ0v) is 18.3. The van der Waals surface area contributed by atoms with Crippen LogP contribution >= 0.6 is 0 Å². The molecule has 3 heterocycles. The summed E-state index contributed by atoms with van der Waals surface area (Å²) in [5.74, 6) is 0.719. The second kappa shape index (κ2) is 8.11. The number of carbonyl (C=O) groups excluding carboxylic acids is 1. The maximum atomic E-state index is 13.7. The molecule has 1 aliphatic heterocycles. The Hall–Kier alpha value is -3.67. The summed E-state index contributed by atoms with van der Waals surface area (Å²) in [7, 11) is 1.87. The highest BCUT2D eigenvalue weighted by Gasteiger charge is 2.27. The number of hydrogen-bond acceptors (Lipinski definition) is 4. The lowest BCUT2D eigenvalue weighted by molar-refractivity contribution is 0.0715. The Morgan fingerprint density at radius 2 is 1.72 bits per heavy atom. The van der Waals surface area contributed by atoms with Crippen molar-refractivity contribution in [1.82, 2.24) is 19.7 Å². The van der Waals surface area contributed by atoms with Crippen molar-refractivity contribution < 1.29 is 9.90 Å². The molecule has 1 saturated heterocycles. The van der Waals surface area contributed by atoms with Crippen LogP contribution in [0.1, 0.15) is 40.4 Å². The Bertz CT molecular complexity index is 1270. The first kappa shape index (κ1) is 20.2. The maximum Gasteiger partial charge on any atom is 0.254 e. The van der Waals surface area contributed by atoms with E-state index in [0.29, 0.717) is 24.6 Å². The van der Waals surface area contributed by atoms with Gasteiger partial charge in [-0.2, -0.15) is 5.10 Å². The fourth-order valence-electron chi connectivity index (χ4n) is 4.70. The van der Waals surface area contributed by atoms with Crippen molar-refractivity contribution in [2.75, 3.05) is 13.1 Å². The van der Waals surface area contributed by atoms with Crippen molar-refractivity contribution in [3.05, 3.63) is 77.5 Å². The number of aryl methyl sites for hydroxylation is 2. The monoisotopic (exact) mass is 426 g/mol. The predicted molar refractivity (Wildman–Crippen MR) is 125 cm³/mol. The number of likely N-dealkylation sites (tertiary alicyclic amines) is 1. The van der Waals surface area contributed by atoms with Crippen LogP contribution in [0.3, 0.4) is 0 Å². The summed E-state index contributed by atoms with van der Waals surface area (Å²) in [5, 5.41) is 14.9. The first-order valence-electron chi connectivity index (χ1n) is 11.0. The van der Waals surface area contributed by atoms with Crippen molar-refractivity contribution in [1.29, 1.82) is 0 Å². The van der Waals surface area contributed by atoms with E-state index < -0.39 is 0 Å². The third-order valence-corrected chi connectivity index (χ3v) is 6.42. The molecule has 0 saturated carbocycles. The zero-order valence-electron chi connectivity index (χ0n) is 18.3. The average molecular weight is 427 g/mol. The summed E-state index contributed by atoms with van der Waals surface area (Å²) in [5.41, 5.74) is 5.19. The van der Waals surface area contributed by atoms with Gasteiger partial charge in [-0.25, -0.2) is 4.98 Å². The first-order chi connectivity index (χ1) is 15.5. The molecule has 2 aromatic heterocycles. The van der Waals surface area contributed by atoms with Gasteiger partial charge in [-0.3, -0.25) is 9.48 Å². The Morgan fingerprint density at radius 1 is 1.03 bits per heavy atom. The highest BCUT2D eigenvalue weighted by atomic mass is 16.3. The van der Waals surface area contributed by atoms with Crippen molar-refractivity contribution >= 4 is 16.9 Å². The van der Waals surface area contributed by atoms with Gasteiger partial charge in [0.25, 0.3) is 5.91 Å². The summed E-state index contributed by atoms with van der Waals surface area (Å²) in [4.78, 5) is 20.4. The molecule has 6 nitrogen and oxygen atoms in total. The lowest BCUT2D eigenvalue weighted by Crippen LogP contribution is -2.38. The molecule has 1 aliphatic rings. The van der Waals surface area contributed by atoms with E-state index in [2.05, 4.69) is 5.10 Å². The number of phenols is 1. The van der Waals surface area contributed by atoms with E-state index in [-0.39, 0.29) is 11.7 Å². The van der Waals surface area contributed by atoms with Crippen LogP contribution in [-0.2, 0) is 7.05 Å². The number of benzene rings is 2. The second-order valence-electron chi connectivity index (χ2n) is 8.49. The minimum absolute atomic E-state index is 0.0369. The summed E-state index contributed by atoms with van der Waals surface area (Å²) in [6.07, 6.45) is 1.81. The number of phenolic OH excluding ortho intramolecular Hbond substituents is 1. The summed E-state index contributed by atoms with van der Waals surface area (Å²) >= 11 is 0. The van der Waals surface area contributed by atoms with Gasteiger partial charge in [0, 0.05) is 25.7 Å². The van der Waals surface area contributed by atoms with Crippen molar-refractivity contribution in [3.8, 4) is 17.0 Å². The van der Waals surface area contributed by atoms with E-state index in [0.717, 1.165) is 40.8 Å². The molecule has 0 spiro atoms. The molecular weight excluding hydrogens is 400 g/mol. The van der Waals surface area contributed by atoms with Crippen LogP contribution in [-0.4, -0.2) is 43.8 Å². The molecule has 0 unspecified atom stereocenters. The number of rotatable bonds is 3. The van der Waals surface area contributed by atoms with E-state index in [1.165, 1.54) is 5.56 Å². The molecule has 32 heavy (non-hydrogen) atoms. The molecule has 6 heteroatoms. The van der Waals surface area contributed by atoms with Gasteiger partial charge in [-0.1, -0.05) is 42.5 Å². The molecule has 4 aromatic rings. The number of amides is 1. The smallest absolute Gasteiger partial charge is 0.254 e. The van der Waals surface area contributed by atoms with Crippen LogP contribution in [0, 0.1) is 6.92 Å². The number of pyridine rings is 1. The van der Waals surface area contributed by atoms with Crippen LogP contribution in [0.15, 0.2) is 60.7 Å². The summed E-state index contributed by atoms with van der Waals surface area (Å²) in [6, 6.07) is 19.3. The number of piperidine rings is 1. The normalized spacial score (nSPS) is 14.8. The highest BCUT2D eigenvalue weighted by Crippen LogP contribution is 2.32. The van der Waals surface area contributed by atoms with Gasteiger partial charge in [-0.05, 0) is 49.4 Å². The third-order valence-electron chi connectivity index (χ3n) is 6.42. The van der Waals surface area contributed by atoms with Gasteiger partial charge in [0.15, 0.2) is 5.65 Å². The second-order valence-corrected chi connectivity index (χ2v) is 8.49. The number of aromatic hydroxyl groups is 1. The van der Waals surface area contributed by atoms with Crippen LogP contribution < -0.4 is 0 Å². The van der Waals surface area contributed by atoms with E-state index >= 15 is 0 Å². The minimum atomic E-state index is 0.0369.